The Balaban J connectivity index is 2.75. The van der Waals surface area contributed by atoms with Crippen LogP contribution in [0, 0.1) is 0 Å². The van der Waals surface area contributed by atoms with Gasteiger partial charge in [-0.25, -0.2) is 0 Å². The number of hydrogen-bond acceptors (Lipinski definition) is 2. The molecule has 56 valence electrons. The van der Waals surface area contributed by atoms with Crippen molar-refractivity contribution in [2.75, 3.05) is 11.5 Å². The molecule has 0 amide bonds. The molecule has 1 atom stereocenters. The fourth-order valence-electron chi connectivity index (χ4n) is 0.625. The summed E-state index contributed by atoms with van der Waals surface area (Å²) in [6.45, 7) is 4.00. The molecule has 0 rings (SSSR count). The van der Waals surface area contributed by atoms with Crippen molar-refractivity contribution in [2.24, 2.45) is 0 Å². The van der Waals surface area contributed by atoms with Crippen molar-refractivity contribution in [3.63, 3.8) is 0 Å². The summed E-state index contributed by atoms with van der Waals surface area (Å²) in [7, 11) is 0. The van der Waals surface area contributed by atoms with E-state index in [0.29, 0.717) is 0 Å². The van der Waals surface area contributed by atoms with E-state index in [4.69, 9.17) is 5.11 Å². The van der Waals surface area contributed by atoms with Gasteiger partial charge < -0.3 is 5.11 Å². The van der Waals surface area contributed by atoms with Gasteiger partial charge in [-0.15, -0.1) is 0 Å². The summed E-state index contributed by atoms with van der Waals surface area (Å²) in [5.74, 6) is 2.39. The molecule has 1 N–H and O–H groups in total. The first kappa shape index (κ1) is 9.31. The number of aliphatic hydroxyl groups is 1. The van der Waals surface area contributed by atoms with Crippen LogP contribution in [0.5, 0.6) is 0 Å². The van der Waals surface area contributed by atoms with Crippen LogP contribution >= 0.6 is 11.8 Å². The molecule has 0 aromatic heterocycles. The maximum Gasteiger partial charge on any atom is 0.0512 e. The summed E-state index contributed by atoms with van der Waals surface area (Å²) in [5, 5.41) is 8.84. The van der Waals surface area contributed by atoms with Crippen LogP contribution in [0.3, 0.4) is 0 Å². The van der Waals surface area contributed by atoms with Crippen molar-refractivity contribution >= 4 is 11.8 Å². The fourth-order valence-corrected chi connectivity index (χ4v) is 1.28. The zero-order valence-electron chi connectivity index (χ0n) is 6.26. The van der Waals surface area contributed by atoms with Crippen LogP contribution in [-0.4, -0.2) is 22.7 Å². The Hall–Kier alpha value is 0.310. The molecule has 0 bridgehead atoms. The monoisotopic (exact) mass is 148 g/mol. The number of rotatable bonds is 5. The molecule has 1 nitrogen and oxygen atoms in total. The van der Waals surface area contributed by atoms with Gasteiger partial charge in [0.1, 0.15) is 0 Å². The first-order chi connectivity index (χ1) is 4.27. The van der Waals surface area contributed by atoms with Crippen LogP contribution < -0.4 is 0 Å². The maximum atomic E-state index is 8.84. The normalized spacial score (nSPS) is 13.7. The maximum absolute atomic E-state index is 8.84. The molecule has 2 heteroatoms. The average molecular weight is 148 g/mol. The van der Waals surface area contributed by atoms with Gasteiger partial charge >= 0.3 is 0 Å². The second-order valence-electron chi connectivity index (χ2n) is 2.19. The van der Waals surface area contributed by atoms with Gasteiger partial charge in [-0.1, -0.05) is 6.92 Å². The molecule has 0 aromatic rings. The molecule has 0 aromatic carbocycles. The summed E-state index contributed by atoms with van der Waals surface area (Å²) in [6.07, 6.45) is 1.99. The lowest BCUT2D eigenvalue weighted by Gasteiger charge is -2.01. The van der Waals surface area contributed by atoms with E-state index < -0.39 is 0 Å². The van der Waals surface area contributed by atoms with Gasteiger partial charge in [-0.3, -0.25) is 0 Å². The molecular weight excluding hydrogens is 132 g/mol. The average Bonchev–Trinajstić information content (AvgIpc) is 1.80. The molecule has 0 aliphatic heterocycles. The van der Waals surface area contributed by atoms with Crippen LogP contribution in [-0.2, 0) is 0 Å². The quantitative estimate of drug-likeness (QED) is 0.601. The smallest absolute Gasteiger partial charge is 0.0512 e. The Kier molecular flexibility index (Phi) is 6.65. The molecule has 0 aliphatic carbocycles. The van der Waals surface area contributed by atoms with Gasteiger partial charge in [0.05, 0.1) is 6.10 Å². The van der Waals surface area contributed by atoms with E-state index in [0.717, 1.165) is 12.8 Å². The van der Waals surface area contributed by atoms with E-state index >= 15 is 0 Å². The van der Waals surface area contributed by atoms with Crippen molar-refractivity contribution in [3.8, 4) is 0 Å². The highest BCUT2D eigenvalue weighted by Gasteiger charge is 1.93. The zero-order chi connectivity index (χ0) is 7.11. The minimum absolute atomic E-state index is 0.109. The number of hydrogen-bond donors (Lipinski definition) is 1. The lowest BCUT2D eigenvalue weighted by molar-refractivity contribution is 0.184. The second-order valence-corrected chi connectivity index (χ2v) is 3.58. The van der Waals surface area contributed by atoms with Gasteiger partial charge in [-0.2, -0.15) is 11.8 Å². The Labute approximate surface area is 61.8 Å². The molecule has 9 heavy (non-hydrogen) atoms. The van der Waals surface area contributed by atoms with Crippen LogP contribution in [0.25, 0.3) is 0 Å². The van der Waals surface area contributed by atoms with Gasteiger partial charge in [-0.05, 0) is 31.3 Å². The van der Waals surface area contributed by atoms with Crippen LogP contribution in [0.2, 0.25) is 0 Å². The van der Waals surface area contributed by atoms with Crippen molar-refractivity contribution in [1.29, 1.82) is 0 Å². The van der Waals surface area contributed by atoms with Gasteiger partial charge in [0, 0.05) is 0 Å². The molecular formula is C7H16OS. The summed E-state index contributed by atoms with van der Waals surface area (Å²) < 4.78 is 0. The van der Waals surface area contributed by atoms with Crippen LogP contribution in [0.15, 0.2) is 0 Å². The van der Waals surface area contributed by atoms with E-state index in [1.165, 1.54) is 11.5 Å². The third kappa shape index (κ3) is 8.31. The predicted molar refractivity (Wildman–Crippen MR) is 43.9 cm³/mol. The Morgan fingerprint density at radius 3 is 2.67 bits per heavy atom. The number of thioether (sulfide) groups is 1. The molecule has 0 spiro atoms. The second kappa shape index (κ2) is 6.43. The first-order valence-electron chi connectivity index (χ1n) is 3.53. The molecule has 0 radical (unpaired) electrons. The van der Waals surface area contributed by atoms with E-state index in [1.54, 1.807) is 0 Å². The molecule has 0 aliphatic rings. The number of aliphatic hydroxyl groups excluding tert-OH is 1. The van der Waals surface area contributed by atoms with Gasteiger partial charge in [0.25, 0.3) is 0 Å². The van der Waals surface area contributed by atoms with Crippen molar-refractivity contribution in [2.45, 2.75) is 32.8 Å². The summed E-state index contributed by atoms with van der Waals surface area (Å²) >= 11 is 1.94. The molecule has 0 fully saturated rings. The van der Waals surface area contributed by atoms with Crippen molar-refractivity contribution < 1.29 is 5.11 Å². The summed E-state index contributed by atoms with van der Waals surface area (Å²) in [5.41, 5.74) is 0. The lowest BCUT2D eigenvalue weighted by atomic mass is 10.2. The van der Waals surface area contributed by atoms with Crippen molar-refractivity contribution in [1.82, 2.24) is 0 Å². The largest absolute Gasteiger partial charge is 0.393 e. The Morgan fingerprint density at radius 2 is 2.22 bits per heavy atom. The molecule has 0 saturated carbocycles. The highest BCUT2D eigenvalue weighted by atomic mass is 32.2. The predicted octanol–water partition coefficient (Wildman–Crippen LogP) is 1.90. The lowest BCUT2D eigenvalue weighted by Crippen LogP contribution is -1.99. The Bertz CT molecular complexity index is 54.9. The SMILES string of the molecule is CCSCCC[C@@H](C)O. The minimum atomic E-state index is -0.109. The van der Waals surface area contributed by atoms with E-state index in [1.807, 2.05) is 18.7 Å². The van der Waals surface area contributed by atoms with Gasteiger partial charge in [0.15, 0.2) is 0 Å². The highest BCUT2D eigenvalue weighted by molar-refractivity contribution is 7.99. The van der Waals surface area contributed by atoms with E-state index in [9.17, 15) is 0 Å². The summed E-state index contributed by atoms with van der Waals surface area (Å²) in [6, 6.07) is 0. The molecule has 0 heterocycles. The standard InChI is InChI=1S/C7H16OS/c1-3-9-6-4-5-7(2)8/h7-8H,3-6H2,1-2H3/t7-/m1/s1. The third-order valence-electron chi connectivity index (χ3n) is 1.11. The fraction of sp³-hybridized carbons (Fsp3) is 1.00. The zero-order valence-corrected chi connectivity index (χ0v) is 7.08. The highest BCUT2D eigenvalue weighted by Crippen LogP contribution is 2.04. The van der Waals surface area contributed by atoms with Crippen LogP contribution in [0.4, 0.5) is 0 Å². The first-order valence-corrected chi connectivity index (χ1v) is 4.68. The minimum Gasteiger partial charge on any atom is -0.393 e. The third-order valence-corrected chi connectivity index (χ3v) is 2.10. The summed E-state index contributed by atoms with van der Waals surface area (Å²) in [4.78, 5) is 0. The Morgan fingerprint density at radius 1 is 1.56 bits per heavy atom. The molecule has 0 unspecified atom stereocenters. The van der Waals surface area contributed by atoms with Gasteiger partial charge in [0.2, 0.25) is 0 Å². The van der Waals surface area contributed by atoms with Crippen LogP contribution in [0.1, 0.15) is 26.7 Å². The van der Waals surface area contributed by atoms with E-state index in [2.05, 4.69) is 6.92 Å². The molecule has 0 saturated heterocycles. The van der Waals surface area contributed by atoms with Crippen molar-refractivity contribution in [3.05, 3.63) is 0 Å². The topological polar surface area (TPSA) is 20.2 Å². The van der Waals surface area contributed by atoms with E-state index in [-0.39, 0.29) is 6.10 Å².